The highest BCUT2D eigenvalue weighted by atomic mass is 19.4. The zero-order chi connectivity index (χ0) is 26.9. The summed E-state index contributed by atoms with van der Waals surface area (Å²) in [4.78, 5) is 25.0. The highest BCUT2D eigenvalue weighted by Gasteiger charge is 2.31. The lowest BCUT2D eigenvalue weighted by Gasteiger charge is -2.15. The van der Waals surface area contributed by atoms with Crippen LogP contribution < -0.4 is 20.5 Å². The van der Waals surface area contributed by atoms with Gasteiger partial charge in [-0.15, -0.1) is 13.2 Å². The van der Waals surface area contributed by atoms with Crippen LogP contribution in [0, 0.1) is 0 Å². The average Bonchev–Trinajstić information content (AvgIpc) is 2.76. The highest BCUT2D eigenvalue weighted by molar-refractivity contribution is 6.26. The van der Waals surface area contributed by atoms with Crippen molar-refractivity contribution in [2.75, 3.05) is 26.9 Å². The quantitative estimate of drug-likeness (QED) is 0.199. The van der Waals surface area contributed by atoms with Crippen LogP contribution in [0.25, 0.3) is 11.6 Å². The first kappa shape index (κ1) is 28.5. The minimum absolute atomic E-state index is 0.0578. The van der Waals surface area contributed by atoms with Crippen molar-refractivity contribution in [2.45, 2.75) is 19.0 Å². The summed E-state index contributed by atoms with van der Waals surface area (Å²) >= 11 is 0. The fourth-order valence-electron chi connectivity index (χ4n) is 2.90. The van der Waals surface area contributed by atoms with Gasteiger partial charge in [-0.05, 0) is 42.0 Å². The summed E-state index contributed by atoms with van der Waals surface area (Å²) in [5.74, 6) is -2.21. The number of alkyl halides is 6. The summed E-state index contributed by atoms with van der Waals surface area (Å²) in [6, 6.07) is 8.10. The molecule has 2 aromatic rings. The van der Waals surface area contributed by atoms with Crippen molar-refractivity contribution in [2.24, 2.45) is 5.73 Å². The maximum Gasteiger partial charge on any atom is 0.573 e. The summed E-state index contributed by atoms with van der Waals surface area (Å²) in [7, 11) is 1.40. The second-order valence-corrected chi connectivity index (χ2v) is 7.21. The molecule has 0 aliphatic rings. The van der Waals surface area contributed by atoms with Crippen LogP contribution in [-0.2, 0) is 9.53 Å². The van der Waals surface area contributed by atoms with Gasteiger partial charge in [-0.3, -0.25) is 9.59 Å². The molecule has 196 valence electrons. The predicted molar refractivity (Wildman–Crippen MR) is 117 cm³/mol. The first-order valence-electron chi connectivity index (χ1n) is 10.3. The lowest BCUT2D eigenvalue weighted by molar-refractivity contribution is -0.274. The Morgan fingerprint density at radius 1 is 0.944 bits per heavy atom. The van der Waals surface area contributed by atoms with Gasteiger partial charge in [-0.1, -0.05) is 12.1 Å². The molecule has 0 saturated heterocycles. The molecule has 0 aromatic heterocycles. The number of hydrogen-bond donors (Lipinski definition) is 2. The van der Waals surface area contributed by atoms with E-state index in [-0.39, 0.29) is 41.2 Å². The van der Waals surface area contributed by atoms with Gasteiger partial charge in [-0.25, -0.2) is 0 Å². The molecule has 0 fully saturated rings. The van der Waals surface area contributed by atoms with Gasteiger partial charge >= 0.3 is 12.5 Å². The molecule has 13 heteroatoms. The Bertz CT molecular complexity index is 1080. The lowest BCUT2D eigenvalue weighted by atomic mass is 9.96. The first-order chi connectivity index (χ1) is 16.8. The Balaban J connectivity index is 2.49. The Labute approximate surface area is 201 Å². The lowest BCUT2D eigenvalue weighted by Crippen LogP contribution is -2.28. The molecule has 36 heavy (non-hydrogen) atoms. The van der Waals surface area contributed by atoms with Crippen LogP contribution in [0.5, 0.6) is 11.5 Å². The number of hydrogen-bond acceptors (Lipinski definition) is 5. The largest absolute Gasteiger partial charge is 0.573 e. The Hall–Kier alpha value is -3.74. The van der Waals surface area contributed by atoms with Crippen molar-refractivity contribution < 1.29 is 50.1 Å². The molecule has 2 amide bonds. The topological polar surface area (TPSA) is 99.9 Å². The molecule has 0 spiro atoms. The molecule has 7 nitrogen and oxygen atoms in total. The van der Waals surface area contributed by atoms with Crippen molar-refractivity contribution >= 4 is 23.5 Å². The van der Waals surface area contributed by atoms with E-state index >= 15 is 0 Å². The molecule has 0 unspecified atom stereocenters. The Morgan fingerprint density at radius 3 is 2.14 bits per heavy atom. The molecule has 0 heterocycles. The van der Waals surface area contributed by atoms with Crippen LogP contribution in [0.3, 0.4) is 0 Å². The number of rotatable bonds is 11. The maximum absolute atomic E-state index is 13.0. The van der Waals surface area contributed by atoms with Crippen LogP contribution in [0.4, 0.5) is 26.3 Å². The maximum atomic E-state index is 13.0. The number of benzene rings is 2. The Kier molecular flexibility index (Phi) is 9.73. The number of carbonyl (C=O) groups is 2. The van der Waals surface area contributed by atoms with Crippen molar-refractivity contribution in [3.63, 3.8) is 0 Å². The third-order valence-electron chi connectivity index (χ3n) is 4.46. The van der Waals surface area contributed by atoms with E-state index in [4.69, 9.17) is 15.2 Å². The zero-order valence-corrected chi connectivity index (χ0v) is 18.8. The molecule has 0 aliphatic carbocycles. The molecule has 0 radical (unpaired) electrons. The number of primary amides is 1. The first-order valence-corrected chi connectivity index (χ1v) is 10.3. The highest BCUT2D eigenvalue weighted by Crippen LogP contribution is 2.29. The third kappa shape index (κ3) is 9.49. The number of carbonyl (C=O) groups excluding carboxylic acids is 2. The molecule has 2 aromatic carbocycles. The van der Waals surface area contributed by atoms with Gasteiger partial charge in [0.1, 0.15) is 11.5 Å². The second kappa shape index (κ2) is 12.3. The monoisotopic (exact) mass is 520 g/mol. The van der Waals surface area contributed by atoms with Crippen LogP contribution in [-0.4, -0.2) is 51.2 Å². The van der Waals surface area contributed by atoms with E-state index in [1.807, 2.05) is 0 Å². The summed E-state index contributed by atoms with van der Waals surface area (Å²) < 4.78 is 88.5. The van der Waals surface area contributed by atoms with E-state index in [1.54, 1.807) is 0 Å². The van der Waals surface area contributed by atoms with E-state index < -0.39 is 43.1 Å². The Morgan fingerprint density at radius 2 is 1.58 bits per heavy atom. The van der Waals surface area contributed by atoms with Gasteiger partial charge in [0.05, 0.1) is 19.6 Å². The van der Waals surface area contributed by atoms with Crippen molar-refractivity contribution in [1.82, 2.24) is 5.32 Å². The van der Waals surface area contributed by atoms with Gasteiger partial charge in [0.15, 0.2) is 0 Å². The third-order valence-corrected chi connectivity index (χ3v) is 4.46. The van der Waals surface area contributed by atoms with Crippen LogP contribution >= 0.6 is 0 Å². The number of amides is 2. The van der Waals surface area contributed by atoms with Gasteiger partial charge in [0, 0.05) is 30.4 Å². The summed E-state index contributed by atoms with van der Waals surface area (Å²) in [5.41, 5.74) is 5.33. The fraction of sp³-hybridized carbons (Fsp3) is 0.304. The van der Waals surface area contributed by atoms with Crippen LogP contribution in [0.2, 0.25) is 0 Å². The van der Waals surface area contributed by atoms with E-state index in [9.17, 15) is 35.9 Å². The number of methoxy groups -OCH3 is 1. The van der Waals surface area contributed by atoms with E-state index in [1.165, 1.54) is 43.5 Å². The van der Waals surface area contributed by atoms with E-state index in [0.717, 1.165) is 12.1 Å². The standard InChI is InChI=1S/C23H22F6N2O5/c1-34-11-9-31-21(33)19(12-14-2-4-15(5-3-14)36-23(27,28)29)18-13-16(6-7-17(18)20(30)32)35-10-8-22(24,25)26/h2-7,12-13H,8-11H2,1H3,(H2,30,32)(H,31,33)/b19-12-. The van der Waals surface area contributed by atoms with Gasteiger partial charge in [0.25, 0.3) is 5.91 Å². The average molecular weight is 520 g/mol. The fourth-order valence-corrected chi connectivity index (χ4v) is 2.90. The molecule has 0 bridgehead atoms. The SMILES string of the molecule is COCCNC(=O)/C(=C\c1ccc(OC(F)(F)F)cc1)c1cc(OCCC(F)(F)F)ccc1C(N)=O. The predicted octanol–water partition coefficient (Wildman–Crippen LogP) is 4.32. The van der Waals surface area contributed by atoms with Gasteiger partial charge in [0.2, 0.25) is 5.91 Å². The number of nitrogens with one attached hydrogen (secondary N) is 1. The molecule has 0 aliphatic heterocycles. The minimum Gasteiger partial charge on any atom is -0.493 e. The number of ether oxygens (including phenoxy) is 3. The molecule has 0 saturated carbocycles. The van der Waals surface area contributed by atoms with E-state index in [0.29, 0.717) is 0 Å². The van der Waals surface area contributed by atoms with Crippen molar-refractivity contribution in [1.29, 1.82) is 0 Å². The van der Waals surface area contributed by atoms with Crippen LogP contribution in [0.1, 0.15) is 27.9 Å². The number of halogens is 6. The summed E-state index contributed by atoms with van der Waals surface area (Å²) in [6.45, 7) is -0.497. The van der Waals surface area contributed by atoms with Crippen molar-refractivity contribution in [3.05, 3.63) is 59.2 Å². The smallest absolute Gasteiger partial charge is 0.493 e. The van der Waals surface area contributed by atoms with Crippen LogP contribution in [0.15, 0.2) is 42.5 Å². The van der Waals surface area contributed by atoms with Gasteiger partial charge in [-0.2, -0.15) is 13.2 Å². The van der Waals surface area contributed by atoms with E-state index in [2.05, 4.69) is 10.1 Å². The molecule has 3 N–H and O–H groups in total. The molecule has 2 rings (SSSR count). The van der Waals surface area contributed by atoms with Crippen molar-refractivity contribution in [3.8, 4) is 11.5 Å². The van der Waals surface area contributed by atoms with Gasteiger partial charge < -0.3 is 25.3 Å². The summed E-state index contributed by atoms with van der Waals surface area (Å²) in [6.07, 6.45) is -9.32. The zero-order valence-electron chi connectivity index (χ0n) is 18.8. The summed E-state index contributed by atoms with van der Waals surface area (Å²) in [5, 5.41) is 2.55. The molecular weight excluding hydrogens is 498 g/mol. The minimum atomic E-state index is -4.90. The second-order valence-electron chi connectivity index (χ2n) is 7.21. The normalized spacial score (nSPS) is 12.2. The molecular formula is C23H22F6N2O5. The number of nitrogens with two attached hydrogens (primary N) is 1. The molecule has 0 atom stereocenters.